The molecule has 3 aliphatic carbocycles. The monoisotopic (exact) mass is 408 g/mol. The van der Waals surface area contributed by atoms with Gasteiger partial charge in [-0.1, -0.05) is 19.4 Å². The summed E-state index contributed by atoms with van der Waals surface area (Å²) in [7, 11) is 0. The highest BCUT2D eigenvalue weighted by molar-refractivity contribution is 5.93. The molecular formula is C22H32O7. The van der Waals surface area contributed by atoms with Gasteiger partial charge in [0.15, 0.2) is 11.4 Å². The van der Waals surface area contributed by atoms with E-state index in [2.05, 4.69) is 0 Å². The van der Waals surface area contributed by atoms with E-state index in [0.717, 1.165) is 5.57 Å². The van der Waals surface area contributed by atoms with Crippen LogP contribution in [0.2, 0.25) is 0 Å². The summed E-state index contributed by atoms with van der Waals surface area (Å²) in [5.74, 6) is -1.63. The molecule has 3 N–H and O–H groups in total. The average Bonchev–Trinajstić information content (AvgIpc) is 2.61. The lowest BCUT2D eigenvalue weighted by atomic mass is 9.46. The van der Waals surface area contributed by atoms with E-state index in [1.807, 2.05) is 20.8 Å². The van der Waals surface area contributed by atoms with E-state index in [4.69, 9.17) is 9.47 Å². The molecule has 0 amide bonds. The number of ketones is 1. The van der Waals surface area contributed by atoms with Crippen molar-refractivity contribution in [3.63, 3.8) is 0 Å². The Kier molecular flexibility index (Phi) is 4.43. The van der Waals surface area contributed by atoms with Crippen molar-refractivity contribution in [2.24, 2.45) is 16.7 Å². The van der Waals surface area contributed by atoms with Gasteiger partial charge in [-0.25, -0.2) is 0 Å². The Morgan fingerprint density at radius 2 is 1.90 bits per heavy atom. The number of Topliss-reactive ketones (excluding diaryl/α,β-unsaturated/α-hetero) is 1. The molecule has 4 aliphatic rings. The molecule has 0 aromatic heterocycles. The highest BCUT2D eigenvalue weighted by atomic mass is 16.6. The number of hydrogen-bond donors (Lipinski definition) is 3. The lowest BCUT2D eigenvalue weighted by molar-refractivity contribution is -0.327. The summed E-state index contributed by atoms with van der Waals surface area (Å²) < 4.78 is 11.4. The largest absolute Gasteiger partial charge is 0.454 e. The van der Waals surface area contributed by atoms with Gasteiger partial charge in [-0.3, -0.25) is 9.59 Å². The maximum atomic E-state index is 13.7. The number of aliphatic hydroxyl groups is 3. The zero-order chi connectivity index (χ0) is 21.6. The predicted octanol–water partition coefficient (Wildman–Crippen LogP) is 1.28. The van der Waals surface area contributed by atoms with Gasteiger partial charge in [0.1, 0.15) is 12.2 Å². The minimum Gasteiger partial charge on any atom is -0.454 e. The summed E-state index contributed by atoms with van der Waals surface area (Å²) >= 11 is 0. The van der Waals surface area contributed by atoms with Crippen LogP contribution in [0.1, 0.15) is 60.3 Å². The number of aliphatic hydroxyl groups excluding tert-OH is 2. The second kappa shape index (κ2) is 6.13. The van der Waals surface area contributed by atoms with Gasteiger partial charge in [-0.2, -0.15) is 0 Å². The first-order chi connectivity index (χ1) is 13.3. The molecule has 162 valence electrons. The van der Waals surface area contributed by atoms with E-state index in [0.29, 0.717) is 18.4 Å². The van der Waals surface area contributed by atoms with Crippen LogP contribution < -0.4 is 0 Å². The van der Waals surface area contributed by atoms with Gasteiger partial charge >= 0.3 is 5.97 Å². The van der Waals surface area contributed by atoms with Gasteiger partial charge in [0.25, 0.3) is 0 Å². The predicted molar refractivity (Wildman–Crippen MR) is 103 cm³/mol. The number of ether oxygens (including phenoxy) is 2. The normalized spacial score (nSPS) is 48.6. The van der Waals surface area contributed by atoms with Crippen LogP contribution in [0.15, 0.2) is 11.1 Å². The van der Waals surface area contributed by atoms with Crippen molar-refractivity contribution < 1.29 is 34.4 Å². The first-order valence-electron chi connectivity index (χ1n) is 10.5. The van der Waals surface area contributed by atoms with Gasteiger partial charge in [0.05, 0.1) is 23.7 Å². The van der Waals surface area contributed by atoms with Crippen LogP contribution in [-0.2, 0) is 19.1 Å². The number of fused-ring (bicyclic) bond motifs is 5. The van der Waals surface area contributed by atoms with Gasteiger partial charge < -0.3 is 24.8 Å². The Morgan fingerprint density at radius 1 is 1.24 bits per heavy atom. The molecule has 0 aromatic rings. The van der Waals surface area contributed by atoms with Crippen molar-refractivity contribution >= 4 is 11.8 Å². The highest BCUT2D eigenvalue weighted by Gasteiger charge is 2.73. The highest BCUT2D eigenvalue weighted by Crippen LogP contribution is 2.62. The molecule has 29 heavy (non-hydrogen) atoms. The molecule has 0 aromatic carbocycles. The summed E-state index contributed by atoms with van der Waals surface area (Å²) in [5, 5.41) is 34.1. The van der Waals surface area contributed by atoms with Crippen LogP contribution in [0, 0.1) is 16.7 Å². The average molecular weight is 408 g/mol. The Balaban J connectivity index is 1.94. The molecule has 1 aliphatic heterocycles. The van der Waals surface area contributed by atoms with Crippen molar-refractivity contribution in [2.45, 2.75) is 89.8 Å². The number of carbonyl (C=O) groups excluding carboxylic acids is 2. The summed E-state index contributed by atoms with van der Waals surface area (Å²) in [4.78, 5) is 25.7. The van der Waals surface area contributed by atoms with Gasteiger partial charge in [0.2, 0.25) is 0 Å². The molecule has 2 bridgehead atoms. The molecule has 2 saturated carbocycles. The Labute approximate surface area is 171 Å². The summed E-state index contributed by atoms with van der Waals surface area (Å²) in [6.45, 7) is 8.68. The van der Waals surface area contributed by atoms with Crippen LogP contribution in [0.5, 0.6) is 0 Å². The van der Waals surface area contributed by atoms with Gasteiger partial charge in [-0.15, -0.1) is 0 Å². The molecule has 4 rings (SSSR count). The molecule has 1 heterocycles. The van der Waals surface area contributed by atoms with Crippen LogP contribution in [-0.4, -0.2) is 63.2 Å². The number of allylic oxidation sites excluding steroid dienone is 1. The third-order valence-corrected chi connectivity index (χ3v) is 8.64. The minimum absolute atomic E-state index is 0.117. The SMILES string of the molecule is CC(=O)O[C@@]12CO[C@@H]1C[C@H](O)[C@@]1(C)C(=O)[C@H](O)C3=C(C)CC[C@@](O)(C[C@H]21)C3(C)C. The van der Waals surface area contributed by atoms with E-state index >= 15 is 0 Å². The van der Waals surface area contributed by atoms with Gasteiger partial charge in [-0.05, 0) is 38.7 Å². The van der Waals surface area contributed by atoms with E-state index < -0.39 is 58.0 Å². The quantitative estimate of drug-likeness (QED) is 0.442. The smallest absolute Gasteiger partial charge is 0.303 e. The summed E-state index contributed by atoms with van der Waals surface area (Å²) in [5.41, 5.74) is -3.06. The van der Waals surface area contributed by atoms with Crippen molar-refractivity contribution in [1.29, 1.82) is 0 Å². The first-order valence-corrected chi connectivity index (χ1v) is 10.5. The second-order valence-corrected chi connectivity index (χ2v) is 10.3. The molecule has 7 heteroatoms. The van der Waals surface area contributed by atoms with Crippen LogP contribution >= 0.6 is 0 Å². The fourth-order valence-electron chi connectivity index (χ4n) is 6.62. The standard InChI is InChI=1S/C22H32O7/c1-11-6-7-21(27)9-13-20(5,18(26)17(25)16(11)19(21,3)4)14(24)8-15-22(13,10-28-15)29-12(2)23/h13-15,17,24-25,27H,6-10H2,1-5H3/t13-,14-,15+,17+,20-,21+,22+/m0/s1. The molecule has 0 spiro atoms. The molecule has 7 nitrogen and oxygen atoms in total. The van der Waals surface area contributed by atoms with Crippen molar-refractivity contribution in [1.82, 2.24) is 0 Å². The van der Waals surface area contributed by atoms with Gasteiger partial charge in [0, 0.05) is 24.7 Å². The number of esters is 1. The molecule has 7 atom stereocenters. The fourth-order valence-corrected chi connectivity index (χ4v) is 6.62. The number of carbonyl (C=O) groups is 2. The van der Waals surface area contributed by atoms with Crippen LogP contribution in [0.4, 0.5) is 0 Å². The maximum Gasteiger partial charge on any atom is 0.303 e. The Morgan fingerprint density at radius 3 is 2.45 bits per heavy atom. The lowest BCUT2D eigenvalue weighted by Crippen LogP contribution is -2.77. The molecule has 0 unspecified atom stereocenters. The first kappa shape index (κ1) is 21.0. The molecule has 1 saturated heterocycles. The third-order valence-electron chi connectivity index (χ3n) is 8.64. The van der Waals surface area contributed by atoms with Crippen molar-refractivity contribution in [3.05, 3.63) is 11.1 Å². The van der Waals surface area contributed by atoms with E-state index in [1.165, 1.54) is 6.92 Å². The van der Waals surface area contributed by atoms with E-state index in [9.17, 15) is 24.9 Å². The summed E-state index contributed by atoms with van der Waals surface area (Å²) in [6, 6.07) is 0. The second-order valence-electron chi connectivity index (χ2n) is 10.3. The van der Waals surface area contributed by atoms with Crippen molar-refractivity contribution in [2.75, 3.05) is 6.61 Å². The van der Waals surface area contributed by atoms with Crippen molar-refractivity contribution in [3.8, 4) is 0 Å². The lowest BCUT2D eigenvalue weighted by Gasteiger charge is -2.65. The third kappa shape index (κ3) is 2.44. The fraction of sp³-hybridized carbons (Fsp3) is 0.818. The summed E-state index contributed by atoms with van der Waals surface area (Å²) in [6.07, 6.45) is -1.67. The molecule has 3 fully saturated rings. The van der Waals surface area contributed by atoms with Crippen LogP contribution in [0.3, 0.4) is 0 Å². The van der Waals surface area contributed by atoms with Crippen LogP contribution in [0.25, 0.3) is 0 Å². The molecular weight excluding hydrogens is 376 g/mol. The van der Waals surface area contributed by atoms with E-state index in [-0.39, 0.29) is 19.4 Å². The molecule has 0 radical (unpaired) electrons. The topological polar surface area (TPSA) is 113 Å². The Hall–Kier alpha value is -1.28. The number of hydrogen-bond acceptors (Lipinski definition) is 7. The zero-order valence-electron chi connectivity index (χ0n) is 17.8. The number of rotatable bonds is 1. The van der Waals surface area contributed by atoms with E-state index in [1.54, 1.807) is 6.92 Å². The minimum atomic E-state index is -1.42. The maximum absolute atomic E-state index is 13.7. The Bertz CT molecular complexity index is 801. The zero-order valence-corrected chi connectivity index (χ0v) is 17.8.